The van der Waals surface area contributed by atoms with Gasteiger partial charge in [-0.3, -0.25) is 4.79 Å². The molecule has 0 fully saturated rings. The first-order valence-electron chi connectivity index (χ1n) is 10.0. The van der Waals surface area contributed by atoms with E-state index in [1.807, 2.05) is 30.3 Å². The number of halogens is 4. The lowest BCUT2D eigenvalue weighted by Gasteiger charge is -2.18. The fraction of sp³-hybridized carbons (Fsp3) is 0.200. The Labute approximate surface area is 220 Å². The molecule has 0 spiro atoms. The van der Waals surface area contributed by atoms with Gasteiger partial charge < -0.3 is 4.74 Å². The zero-order valence-corrected chi connectivity index (χ0v) is 22.9. The van der Waals surface area contributed by atoms with Crippen LogP contribution in [0.3, 0.4) is 0 Å². The molecule has 0 saturated carbocycles. The van der Waals surface area contributed by atoms with E-state index in [2.05, 4.69) is 63.2 Å². The number of hydrazone groups is 1. The standard InChI is InChI=1S/C25H22Br2Cl2N2O2/c1-25(2,3)18-7-4-16(5-8-18)24(32)31-30-13-15-10-20(26)23(21(27)11-15)33-14-17-6-9-19(28)12-22(17)29/h4-13H,14H2,1-3H3,(H,31,32)/b30-13-. The predicted octanol–water partition coefficient (Wildman–Crippen LogP) is 8.16. The number of carbonyl (C=O) groups is 1. The van der Waals surface area contributed by atoms with E-state index in [1.165, 1.54) is 0 Å². The zero-order chi connectivity index (χ0) is 24.2. The Balaban J connectivity index is 1.64. The highest BCUT2D eigenvalue weighted by atomic mass is 79.9. The van der Waals surface area contributed by atoms with Crippen LogP contribution in [-0.4, -0.2) is 12.1 Å². The molecule has 0 unspecified atom stereocenters. The number of nitrogens with one attached hydrogen (secondary N) is 1. The summed E-state index contributed by atoms with van der Waals surface area (Å²) in [6.07, 6.45) is 1.57. The first kappa shape index (κ1) is 25.8. The SMILES string of the molecule is CC(C)(C)c1ccc(C(=O)N/N=C\c2cc(Br)c(OCc3ccc(Cl)cc3Cl)c(Br)c2)cc1. The third-order valence-electron chi connectivity index (χ3n) is 4.80. The Morgan fingerprint density at radius 2 is 1.67 bits per heavy atom. The maximum atomic E-state index is 12.4. The quantitative estimate of drug-likeness (QED) is 0.226. The molecule has 0 radical (unpaired) electrons. The molecule has 0 atom stereocenters. The summed E-state index contributed by atoms with van der Waals surface area (Å²) in [6.45, 7) is 6.67. The summed E-state index contributed by atoms with van der Waals surface area (Å²) in [5.41, 5.74) is 5.90. The zero-order valence-electron chi connectivity index (χ0n) is 18.3. The molecule has 0 saturated heterocycles. The highest BCUT2D eigenvalue weighted by Crippen LogP contribution is 2.35. The molecule has 3 aromatic rings. The first-order chi connectivity index (χ1) is 15.5. The molecule has 33 heavy (non-hydrogen) atoms. The van der Waals surface area contributed by atoms with Gasteiger partial charge in [-0.05, 0) is 84.8 Å². The van der Waals surface area contributed by atoms with Gasteiger partial charge in [-0.1, -0.05) is 62.2 Å². The van der Waals surface area contributed by atoms with Gasteiger partial charge in [0.05, 0.1) is 15.2 Å². The maximum absolute atomic E-state index is 12.4. The van der Waals surface area contributed by atoms with Crippen LogP contribution >= 0.6 is 55.1 Å². The summed E-state index contributed by atoms with van der Waals surface area (Å²) >= 11 is 19.2. The van der Waals surface area contributed by atoms with E-state index < -0.39 is 0 Å². The molecule has 172 valence electrons. The first-order valence-corrected chi connectivity index (χ1v) is 12.4. The molecule has 3 rings (SSSR count). The third-order valence-corrected chi connectivity index (χ3v) is 6.57. The molecule has 0 aliphatic carbocycles. The molecule has 0 bridgehead atoms. The summed E-state index contributed by atoms with van der Waals surface area (Å²) in [5, 5.41) is 5.19. The van der Waals surface area contributed by atoms with Crippen molar-refractivity contribution in [3.05, 3.63) is 95.8 Å². The van der Waals surface area contributed by atoms with Crippen LogP contribution in [0.4, 0.5) is 0 Å². The number of nitrogens with zero attached hydrogens (tertiary/aromatic N) is 1. The van der Waals surface area contributed by atoms with Gasteiger partial charge in [0.1, 0.15) is 12.4 Å². The van der Waals surface area contributed by atoms with E-state index in [9.17, 15) is 4.79 Å². The van der Waals surface area contributed by atoms with Crippen molar-refractivity contribution in [3.63, 3.8) is 0 Å². The van der Waals surface area contributed by atoms with E-state index in [0.29, 0.717) is 21.4 Å². The molecular formula is C25H22Br2Cl2N2O2. The van der Waals surface area contributed by atoms with E-state index in [0.717, 1.165) is 25.6 Å². The van der Waals surface area contributed by atoms with Crippen LogP contribution in [0.2, 0.25) is 10.0 Å². The second kappa shape index (κ2) is 11.0. The minimum absolute atomic E-state index is 0.0326. The normalized spacial score (nSPS) is 11.6. The number of hydrogen-bond acceptors (Lipinski definition) is 3. The van der Waals surface area contributed by atoms with Gasteiger partial charge in [0.25, 0.3) is 5.91 Å². The van der Waals surface area contributed by atoms with Crippen LogP contribution in [0.1, 0.15) is 47.8 Å². The third kappa shape index (κ3) is 7.06. The molecule has 4 nitrogen and oxygen atoms in total. The van der Waals surface area contributed by atoms with Gasteiger partial charge >= 0.3 is 0 Å². The number of hydrogen-bond donors (Lipinski definition) is 1. The molecule has 1 N–H and O–H groups in total. The number of ether oxygens (including phenoxy) is 1. The lowest BCUT2D eigenvalue weighted by Crippen LogP contribution is -2.18. The van der Waals surface area contributed by atoms with Crippen molar-refractivity contribution in [2.75, 3.05) is 0 Å². The summed E-state index contributed by atoms with van der Waals surface area (Å²) in [5.74, 6) is 0.353. The molecule has 0 heterocycles. The largest absolute Gasteiger partial charge is 0.486 e. The molecular weight excluding hydrogens is 591 g/mol. The van der Waals surface area contributed by atoms with Gasteiger partial charge in [0, 0.05) is 21.2 Å². The van der Waals surface area contributed by atoms with Crippen LogP contribution in [-0.2, 0) is 12.0 Å². The average Bonchev–Trinajstić information content (AvgIpc) is 2.74. The summed E-state index contributed by atoms with van der Waals surface area (Å²) in [7, 11) is 0. The van der Waals surface area contributed by atoms with Crippen LogP contribution in [0.15, 0.2) is 68.6 Å². The van der Waals surface area contributed by atoms with E-state index in [1.54, 1.807) is 30.5 Å². The lowest BCUT2D eigenvalue weighted by molar-refractivity contribution is 0.0955. The van der Waals surface area contributed by atoms with Crippen LogP contribution in [0.5, 0.6) is 5.75 Å². The number of carbonyl (C=O) groups excluding carboxylic acids is 1. The number of amides is 1. The van der Waals surface area contributed by atoms with Crippen LogP contribution < -0.4 is 10.2 Å². The minimum atomic E-state index is -0.273. The van der Waals surface area contributed by atoms with Gasteiger partial charge in [0.15, 0.2) is 0 Å². The summed E-state index contributed by atoms with van der Waals surface area (Å²) < 4.78 is 7.39. The molecule has 8 heteroatoms. The minimum Gasteiger partial charge on any atom is -0.486 e. The van der Waals surface area contributed by atoms with Gasteiger partial charge in [-0.15, -0.1) is 0 Å². The lowest BCUT2D eigenvalue weighted by atomic mass is 9.87. The Bertz CT molecular complexity index is 1170. The summed E-state index contributed by atoms with van der Waals surface area (Å²) in [6, 6.07) is 16.5. The maximum Gasteiger partial charge on any atom is 0.271 e. The smallest absolute Gasteiger partial charge is 0.271 e. The van der Waals surface area contributed by atoms with Gasteiger partial charge in [-0.2, -0.15) is 5.10 Å². The van der Waals surface area contributed by atoms with E-state index >= 15 is 0 Å². The van der Waals surface area contributed by atoms with Crippen molar-refractivity contribution in [2.24, 2.45) is 5.10 Å². The van der Waals surface area contributed by atoms with Crippen molar-refractivity contribution >= 4 is 67.2 Å². The number of benzene rings is 3. The van der Waals surface area contributed by atoms with Crippen molar-refractivity contribution in [2.45, 2.75) is 32.8 Å². The molecule has 0 aliphatic rings. The van der Waals surface area contributed by atoms with Crippen molar-refractivity contribution in [3.8, 4) is 5.75 Å². The molecule has 1 amide bonds. The summed E-state index contributed by atoms with van der Waals surface area (Å²) in [4.78, 5) is 12.4. The fourth-order valence-corrected chi connectivity index (χ4v) is 4.85. The number of rotatable bonds is 6. The van der Waals surface area contributed by atoms with Gasteiger partial charge in [-0.25, -0.2) is 5.43 Å². The Kier molecular flexibility index (Phi) is 8.62. The highest BCUT2D eigenvalue weighted by molar-refractivity contribution is 9.11. The van der Waals surface area contributed by atoms with Gasteiger partial charge in [0.2, 0.25) is 0 Å². The second-order valence-corrected chi connectivity index (χ2v) is 10.9. The Morgan fingerprint density at radius 1 is 1.03 bits per heavy atom. The highest BCUT2D eigenvalue weighted by Gasteiger charge is 2.14. The van der Waals surface area contributed by atoms with Crippen molar-refractivity contribution < 1.29 is 9.53 Å². The average molecular weight is 613 g/mol. The van der Waals surface area contributed by atoms with Crippen molar-refractivity contribution in [1.82, 2.24) is 5.43 Å². The monoisotopic (exact) mass is 610 g/mol. The van der Waals surface area contributed by atoms with Crippen LogP contribution in [0.25, 0.3) is 0 Å². The topological polar surface area (TPSA) is 50.7 Å². The Hall–Kier alpha value is -1.86. The molecule has 3 aromatic carbocycles. The van der Waals surface area contributed by atoms with E-state index in [-0.39, 0.29) is 17.9 Å². The Morgan fingerprint density at radius 3 is 2.24 bits per heavy atom. The molecule has 0 aromatic heterocycles. The van der Waals surface area contributed by atoms with Crippen LogP contribution in [0, 0.1) is 0 Å². The second-order valence-electron chi connectivity index (χ2n) is 8.36. The fourth-order valence-electron chi connectivity index (χ4n) is 2.93. The predicted molar refractivity (Wildman–Crippen MR) is 143 cm³/mol. The molecule has 0 aliphatic heterocycles. The van der Waals surface area contributed by atoms with E-state index in [4.69, 9.17) is 27.9 Å². The van der Waals surface area contributed by atoms with Crippen molar-refractivity contribution in [1.29, 1.82) is 0 Å².